The van der Waals surface area contributed by atoms with E-state index in [4.69, 9.17) is 44.9 Å². The molecule has 2 rings (SSSR count). The number of nitrogens with one attached hydrogen (secondary N) is 1. The summed E-state index contributed by atoms with van der Waals surface area (Å²) in [6.07, 6.45) is 0. The maximum atomic E-state index is 7.43. The summed E-state index contributed by atoms with van der Waals surface area (Å²) in [5, 5.41) is 9.70. The fourth-order valence-electron chi connectivity index (χ4n) is 1.57. The van der Waals surface area contributed by atoms with Gasteiger partial charge in [0.2, 0.25) is 5.90 Å². The van der Waals surface area contributed by atoms with Gasteiger partial charge in [0, 0.05) is 0 Å². The molecule has 2 aromatic rings. The summed E-state index contributed by atoms with van der Waals surface area (Å²) in [6, 6.07) is 13.9. The maximum Gasteiger partial charge on any atom is 0.265 e. The fourth-order valence-corrected chi connectivity index (χ4v) is 1.73. The van der Waals surface area contributed by atoms with Crippen molar-refractivity contribution in [1.82, 2.24) is 0 Å². The first-order valence-corrected chi connectivity index (χ1v) is 6.36. The van der Waals surface area contributed by atoms with Crippen molar-refractivity contribution < 1.29 is 4.74 Å². The zero-order valence-corrected chi connectivity index (χ0v) is 11.6. The first-order valence-electron chi connectivity index (χ1n) is 5.23. The molecule has 0 amide bonds. The maximum absolute atomic E-state index is 7.43. The van der Waals surface area contributed by atoms with Crippen LogP contribution in [0.4, 0.5) is 0 Å². The van der Waals surface area contributed by atoms with Crippen LogP contribution >= 0.6 is 34.8 Å². The average molecular weight is 303 g/mol. The van der Waals surface area contributed by atoms with E-state index in [-0.39, 0.29) is 12.5 Å². The predicted octanol–water partition coefficient (Wildman–Crippen LogP) is 4.70. The Hall–Kier alpha value is -0.960. The van der Waals surface area contributed by atoms with Crippen LogP contribution < -0.4 is 0 Å². The third kappa shape index (κ3) is 3.29. The van der Waals surface area contributed by atoms with E-state index in [9.17, 15) is 0 Å². The second kappa shape index (κ2) is 5.35. The molecule has 1 N–H and O–H groups in total. The third-order valence-electron chi connectivity index (χ3n) is 2.45. The zero-order chi connectivity index (χ0) is 13.2. The highest BCUT2D eigenvalue weighted by atomic mass is 35.6. The lowest BCUT2D eigenvalue weighted by molar-refractivity contribution is 0.284. The Labute approximate surface area is 120 Å². The Kier molecular flexibility index (Phi) is 4.00. The van der Waals surface area contributed by atoms with Crippen LogP contribution in [0.1, 0.15) is 5.56 Å². The Balaban J connectivity index is 2.11. The molecule has 0 saturated heterocycles. The summed E-state index contributed by atoms with van der Waals surface area (Å²) in [5.74, 6) is -0.374. The van der Waals surface area contributed by atoms with Crippen molar-refractivity contribution in [2.24, 2.45) is 0 Å². The largest absolute Gasteiger partial charge is 0.473 e. The molecule has 2 nitrogen and oxygen atoms in total. The van der Waals surface area contributed by atoms with Gasteiger partial charge >= 0.3 is 0 Å². The van der Waals surface area contributed by atoms with Crippen molar-refractivity contribution in [3.63, 3.8) is 0 Å². The standard InChI is InChI=1S/C13H10Cl3NO/c14-13(15,16)12(17)18-8-9-5-6-10-3-1-2-4-11(10)7-9/h1-7,17H,8H2. The molecule has 0 bridgehead atoms. The number of alkyl halides is 3. The highest BCUT2D eigenvalue weighted by Gasteiger charge is 2.28. The summed E-state index contributed by atoms with van der Waals surface area (Å²) in [6.45, 7) is 0.206. The van der Waals surface area contributed by atoms with E-state index in [0.29, 0.717) is 0 Å². The van der Waals surface area contributed by atoms with E-state index >= 15 is 0 Å². The molecule has 0 aromatic heterocycles. The van der Waals surface area contributed by atoms with E-state index < -0.39 is 3.79 Å². The van der Waals surface area contributed by atoms with Gasteiger partial charge in [0.1, 0.15) is 6.61 Å². The second-order valence-corrected chi connectivity index (χ2v) is 6.08. The lowest BCUT2D eigenvalue weighted by Crippen LogP contribution is -2.20. The smallest absolute Gasteiger partial charge is 0.265 e. The number of rotatable bonds is 2. The number of fused-ring (bicyclic) bond motifs is 1. The first kappa shape index (κ1) is 13.5. The minimum atomic E-state index is -1.81. The zero-order valence-electron chi connectivity index (χ0n) is 9.29. The Morgan fingerprint density at radius 2 is 1.72 bits per heavy atom. The van der Waals surface area contributed by atoms with Crippen molar-refractivity contribution in [3.8, 4) is 0 Å². The Bertz CT molecular complexity index is 578. The summed E-state index contributed by atoms with van der Waals surface area (Å²) >= 11 is 16.6. The molecule has 0 atom stereocenters. The minimum Gasteiger partial charge on any atom is -0.473 e. The van der Waals surface area contributed by atoms with Gasteiger partial charge in [-0.05, 0) is 22.4 Å². The molecule has 0 spiro atoms. The molecule has 0 heterocycles. The quantitative estimate of drug-likeness (QED) is 0.487. The normalized spacial score (nSPS) is 11.5. The van der Waals surface area contributed by atoms with Crippen LogP contribution in [-0.2, 0) is 11.3 Å². The minimum absolute atomic E-state index is 0.206. The SMILES string of the molecule is N=C(OCc1ccc2ccccc2c1)C(Cl)(Cl)Cl. The van der Waals surface area contributed by atoms with Crippen LogP contribution in [0.2, 0.25) is 0 Å². The molecule has 2 aromatic carbocycles. The van der Waals surface area contributed by atoms with E-state index in [1.807, 2.05) is 42.5 Å². The number of hydrogen-bond acceptors (Lipinski definition) is 2. The molecule has 0 aliphatic carbocycles. The highest BCUT2D eigenvalue weighted by molar-refractivity contribution is 6.76. The Morgan fingerprint density at radius 3 is 2.39 bits per heavy atom. The molecular weight excluding hydrogens is 293 g/mol. The number of ether oxygens (including phenoxy) is 1. The van der Waals surface area contributed by atoms with Gasteiger partial charge in [-0.2, -0.15) is 0 Å². The predicted molar refractivity (Wildman–Crippen MR) is 76.8 cm³/mol. The number of benzene rings is 2. The van der Waals surface area contributed by atoms with E-state index in [1.54, 1.807) is 0 Å². The van der Waals surface area contributed by atoms with Crippen LogP contribution in [0, 0.1) is 5.41 Å². The summed E-state index contributed by atoms with van der Waals surface area (Å²) in [7, 11) is 0. The lowest BCUT2D eigenvalue weighted by atomic mass is 10.1. The van der Waals surface area contributed by atoms with E-state index in [2.05, 4.69) is 0 Å². The third-order valence-corrected chi connectivity index (χ3v) is 2.97. The monoisotopic (exact) mass is 301 g/mol. The van der Waals surface area contributed by atoms with Crippen molar-refractivity contribution in [2.45, 2.75) is 10.4 Å². The van der Waals surface area contributed by atoms with Crippen LogP contribution in [-0.4, -0.2) is 9.69 Å². The van der Waals surface area contributed by atoms with Crippen LogP contribution in [0.25, 0.3) is 10.8 Å². The van der Waals surface area contributed by atoms with Gasteiger partial charge < -0.3 is 4.74 Å². The van der Waals surface area contributed by atoms with Crippen LogP contribution in [0.5, 0.6) is 0 Å². The molecule has 5 heteroatoms. The molecule has 0 radical (unpaired) electrons. The van der Waals surface area contributed by atoms with Gasteiger partial charge in [0.05, 0.1) is 0 Å². The van der Waals surface area contributed by atoms with Crippen molar-refractivity contribution in [1.29, 1.82) is 5.41 Å². The van der Waals surface area contributed by atoms with Gasteiger partial charge in [-0.15, -0.1) is 0 Å². The molecule has 0 saturated carbocycles. The van der Waals surface area contributed by atoms with Gasteiger partial charge in [-0.25, -0.2) is 0 Å². The molecule has 0 fully saturated rings. The Morgan fingerprint density at radius 1 is 1.06 bits per heavy atom. The van der Waals surface area contributed by atoms with Crippen molar-refractivity contribution >= 4 is 51.5 Å². The molecule has 94 valence electrons. The molecule has 0 aliphatic rings. The van der Waals surface area contributed by atoms with E-state index in [1.165, 1.54) is 0 Å². The second-order valence-electron chi connectivity index (χ2n) is 3.80. The van der Waals surface area contributed by atoms with Gasteiger partial charge in [0.25, 0.3) is 3.79 Å². The highest BCUT2D eigenvalue weighted by Crippen LogP contribution is 2.28. The van der Waals surface area contributed by atoms with Crippen LogP contribution in [0.15, 0.2) is 42.5 Å². The average Bonchev–Trinajstić information content (AvgIpc) is 2.34. The van der Waals surface area contributed by atoms with Gasteiger partial charge in [0.15, 0.2) is 0 Å². The van der Waals surface area contributed by atoms with Crippen LogP contribution in [0.3, 0.4) is 0 Å². The van der Waals surface area contributed by atoms with Gasteiger partial charge in [-0.1, -0.05) is 71.2 Å². The fraction of sp³-hybridized carbons (Fsp3) is 0.154. The van der Waals surface area contributed by atoms with Crippen molar-refractivity contribution in [3.05, 3.63) is 48.0 Å². The lowest BCUT2D eigenvalue weighted by Gasteiger charge is -2.13. The summed E-state index contributed by atoms with van der Waals surface area (Å²) in [5.41, 5.74) is 0.924. The topological polar surface area (TPSA) is 33.1 Å². The molecule has 0 aliphatic heterocycles. The molecule has 0 unspecified atom stereocenters. The molecular formula is C13H10Cl3NO. The summed E-state index contributed by atoms with van der Waals surface area (Å²) < 4.78 is 3.32. The van der Waals surface area contributed by atoms with Crippen molar-refractivity contribution in [2.75, 3.05) is 0 Å². The molecule has 18 heavy (non-hydrogen) atoms. The first-order chi connectivity index (χ1) is 8.47. The summed E-state index contributed by atoms with van der Waals surface area (Å²) in [4.78, 5) is 0. The number of halogens is 3. The van der Waals surface area contributed by atoms with Gasteiger partial charge in [-0.3, -0.25) is 5.41 Å². The number of hydrogen-bond donors (Lipinski definition) is 1. The van der Waals surface area contributed by atoms with E-state index in [0.717, 1.165) is 16.3 Å².